The van der Waals surface area contributed by atoms with E-state index < -0.39 is 0 Å². The number of hydrogen-bond donors (Lipinski definition) is 2. The maximum Gasteiger partial charge on any atom is 0.128 e. The summed E-state index contributed by atoms with van der Waals surface area (Å²) in [5.74, 6) is 1.06. The van der Waals surface area contributed by atoms with Gasteiger partial charge in [0, 0.05) is 55.4 Å². The summed E-state index contributed by atoms with van der Waals surface area (Å²) in [6.45, 7) is 2.81. The van der Waals surface area contributed by atoms with Crippen LogP contribution in [0.25, 0.3) is 11.3 Å². The van der Waals surface area contributed by atoms with Gasteiger partial charge in [0.15, 0.2) is 0 Å². The lowest BCUT2D eigenvalue weighted by Gasteiger charge is -2.17. The summed E-state index contributed by atoms with van der Waals surface area (Å²) in [6.07, 6.45) is 8.50. The number of H-pyrrole nitrogens is 1. The Morgan fingerprint density at radius 3 is 3.00 bits per heavy atom. The van der Waals surface area contributed by atoms with Crippen molar-refractivity contribution in [2.24, 2.45) is 0 Å². The van der Waals surface area contributed by atoms with Crippen LogP contribution in [0.3, 0.4) is 0 Å². The van der Waals surface area contributed by atoms with Crippen LogP contribution in [-0.4, -0.2) is 39.3 Å². The third-order valence-electron chi connectivity index (χ3n) is 4.41. The van der Waals surface area contributed by atoms with Crippen molar-refractivity contribution < 1.29 is 0 Å². The number of pyridine rings is 2. The van der Waals surface area contributed by atoms with E-state index in [0.29, 0.717) is 6.04 Å². The first-order chi connectivity index (χ1) is 11.9. The molecule has 0 bridgehead atoms. The Bertz CT molecular complexity index is 770. The fourth-order valence-corrected chi connectivity index (χ4v) is 3.14. The van der Waals surface area contributed by atoms with Gasteiger partial charge < -0.3 is 10.2 Å². The molecule has 1 aliphatic rings. The predicted molar refractivity (Wildman–Crippen MR) is 93.5 cm³/mol. The zero-order chi connectivity index (χ0) is 16.2. The van der Waals surface area contributed by atoms with Crippen molar-refractivity contribution in [1.82, 2.24) is 25.5 Å². The normalized spacial score (nSPS) is 17.3. The number of aromatic nitrogens is 4. The molecular formula is C18H20N6. The Labute approximate surface area is 141 Å². The van der Waals surface area contributed by atoms with Crippen molar-refractivity contribution >= 4 is 5.82 Å². The first kappa shape index (κ1) is 14.8. The van der Waals surface area contributed by atoms with Gasteiger partial charge in [0.05, 0.1) is 11.9 Å². The Morgan fingerprint density at radius 2 is 2.17 bits per heavy atom. The highest BCUT2D eigenvalue weighted by Gasteiger charge is 2.23. The van der Waals surface area contributed by atoms with Crippen LogP contribution in [0.4, 0.5) is 5.82 Å². The lowest BCUT2D eigenvalue weighted by molar-refractivity contribution is 0.552. The van der Waals surface area contributed by atoms with Crippen LogP contribution in [0, 0.1) is 0 Å². The van der Waals surface area contributed by atoms with E-state index in [-0.39, 0.29) is 0 Å². The van der Waals surface area contributed by atoms with Crippen molar-refractivity contribution in [3.05, 3.63) is 60.7 Å². The first-order valence-electron chi connectivity index (χ1n) is 8.22. The molecule has 0 aliphatic carbocycles. The minimum atomic E-state index is 0.462. The van der Waals surface area contributed by atoms with Crippen LogP contribution in [0.5, 0.6) is 0 Å². The minimum Gasteiger partial charge on any atom is -0.355 e. The lowest BCUT2D eigenvalue weighted by atomic mass is 10.1. The monoisotopic (exact) mass is 320 g/mol. The molecule has 3 aromatic heterocycles. The SMILES string of the molecule is c1ccc(N2CC[C@H](NCc3cn[nH]c3-c3cccnc3)C2)nc1. The van der Waals surface area contributed by atoms with Gasteiger partial charge >= 0.3 is 0 Å². The van der Waals surface area contributed by atoms with Gasteiger partial charge in [0.2, 0.25) is 0 Å². The highest BCUT2D eigenvalue weighted by molar-refractivity contribution is 5.61. The number of aromatic amines is 1. The van der Waals surface area contributed by atoms with Gasteiger partial charge in [-0.2, -0.15) is 5.10 Å². The molecule has 1 saturated heterocycles. The van der Waals surface area contributed by atoms with Gasteiger partial charge in [-0.3, -0.25) is 10.1 Å². The van der Waals surface area contributed by atoms with Gasteiger partial charge in [0.25, 0.3) is 0 Å². The minimum absolute atomic E-state index is 0.462. The molecule has 6 heteroatoms. The van der Waals surface area contributed by atoms with Crippen LogP contribution < -0.4 is 10.2 Å². The van der Waals surface area contributed by atoms with E-state index in [1.54, 1.807) is 6.20 Å². The molecule has 3 aromatic rings. The highest BCUT2D eigenvalue weighted by atomic mass is 15.2. The Morgan fingerprint density at radius 1 is 1.17 bits per heavy atom. The molecule has 24 heavy (non-hydrogen) atoms. The second-order valence-corrected chi connectivity index (χ2v) is 6.01. The smallest absolute Gasteiger partial charge is 0.128 e. The summed E-state index contributed by atoms with van der Waals surface area (Å²) in [5.41, 5.74) is 3.27. The van der Waals surface area contributed by atoms with Crippen LogP contribution >= 0.6 is 0 Å². The molecule has 1 aliphatic heterocycles. The van der Waals surface area contributed by atoms with Crippen LogP contribution in [0.2, 0.25) is 0 Å². The molecule has 0 spiro atoms. The topological polar surface area (TPSA) is 69.7 Å². The second-order valence-electron chi connectivity index (χ2n) is 6.01. The van der Waals surface area contributed by atoms with E-state index in [2.05, 4.69) is 36.4 Å². The van der Waals surface area contributed by atoms with Crippen molar-refractivity contribution in [3.8, 4) is 11.3 Å². The lowest BCUT2D eigenvalue weighted by Crippen LogP contribution is -2.32. The van der Waals surface area contributed by atoms with E-state index in [0.717, 1.165) is 43.1 Å². The van der Waals surface area contributed by atoms with Crippen molar-refractivity contribution in [3.63, 3.8) is 0 Å². The Hall–Kier alpha value is -2.73. The number of nitrogens with zero attached hydrogens (tertiary/aromatic N) is 4. The largest absolute Gasteiger partial charge is 0.355 e. The zero-order valence-electron chi connectivity index (χ0n) is 13.4. The number of nitrogens with one attached hydrogen (secondary N) is 2. The van der Waals surface area contributed by atoms with E-state index in [9.17, 15) is 0 Å². The van der Waals surface area contributed by atoms with Crippen molar-refractivity contribution in [2.75, 3.05) is 18.0 Å². The molecule has 1 atom stereocenters. The molecule has 1 fully saturated rings. The summed E-state index contributed by atoms with van der Waals surface area (Å²) in [7, 11) is 0. The van der Waals surface area contributed by atoms with Gasteiger partial charge in [-0.05, 0) is 30.7 Å². The molecule has 0 saturated carbocycles. The fraction of sp³-hybridized carbons (Fsp3) is 0.278. The summed E-state index contributed by atoms with van der Waals surface area (Å²) < 4.78 is 0. The zero-order valence-corrected chi connectivity index (χ0v) is 13.4. The molecule has 0 amide bonds. The quantitative estimate of drug-likeness (QED) is 0.754. The highest BCUT2D eigenvalue weighted by Crippen LogP contribution is 2.21. The second kappa shape index (κ2) is 6.80. The van der Waals surface area contributed by atoms with Gasteiger partial charge in [0.1, 0.15) is 5.82 Å². The van der Waals surface area contributed by atoms with Crippen LogP contribution in [0.15, 0.2) is 55.1 Å². The van der Waals surface area contributed by atoms with Gasteiger partial charge in [-0.25, -0.2) is 4.98 Å². The molecule has 2 N–H and O–H groups in total. The number of hydrogen-bond acceptors (Lipinski definition) is 5. The van der Waals surface area contributed by atoms with E-state index in [1.807, 2.05) is 42.9 Å². The standard InChI is InChI=1S/C18H20N6/c1-2-8-20-17(5-1)24-9-6-16(13-24)21-11-15-12-22-23-18(15)14-4-3-7-19-10-14/h1-5,7-8,10,12,16,21H,6,9,11,13H2,(H,22,23)/t16-/m0/s1. The molecular weight excluding hydrogens is 300 g/mol. The number of rotatable bonds is 5. The molecule has 6 nitrogen and oxygen atoms in total. The van der Waals surface area contributed by atoms with Crippen molar-refractivity contribution in [2.45, 2.75) is 19.0 Å². The third-order valence-corrected chi connectivity index (χ3v) is 4.41. The number of anilines is 1. The first-order valence-corrected chi connectivity index (χ1v) is 8.22. The van der Waals surface area contributed by atoms with Crippen LogP contribution in [-0.2, 0) is 6.54 Å². The predicted octanol–water partition coefficient (Wildman–Crippen LogP) is 2.24. The molecule has 122 valence electrons. The van der Waals surface area contributed by atoms with E-state index in [4.69, 9.17) is 0 Å². The maximum atomic E-state index is 4.44. The summed E-state index contributed by atoms with van der Waals surface area (Å²) in [5, 5.41) is 10.9. The fourth-order valence-electron chi connectivity index (χ4n) is 3.14. The maximum absolute atomic E-state index is 4.44. The van der Waals surface area contributed by atoms with Gasteiger partial charge in [-0.15, -0.1) is 0 Å². The summed E-state index contributed by atoms with van der Waals surface area (Å²) >= 11 is 0. The summed E-state index contributed by atoms with van der Waals surface area (Å²) in [4.78, 5) is 10.9. The molecule has 4 heterocycles. The van der Waals surface area contributed by atoms with E-state index in [1.165, 1.54) is 5.56 Å². The molecule has 0 radical (unpaired) electrons. The van der Waals surface area contributed by atoms with Crippen LogP contribution in [0.1, 0.15) is 12.0 Å². The molecule has 0 aromatic carbocycles. The average molecular weight is 320 g/mol. The third kappa shape index (κ3) is 3.14. The average Bonchev–Trinajstić information content (AvgIpc) is 3.31. The Kier molecular flexibility index (Phi) is 4.20. The van der Waals surface area contributed by atoms with E-state index >= 15 is 0 Å². The molecule has 4 rings (SSSR count). The Balaban J connectivity index is 1.38. The van der Waals surface area contributed by atoms with Gasteiger partial charge in [-0.1, -0.05) is 6.07 Å². The molecule has 0 unspecified atom stereocenters. The summed E-state index contributed by atoms with van der Waals surface area (Å²) in [6, 6.07) is 10.5. The van der Waals surface area contributed by atoms with Crippen molar-refractivity contribution in [1.29, 1.82) is 0 Å².